The predicted molar refractivity (Wildman–Crippen MR) is 70.8 cm³/mol. The lowest BCUT2D eigenvalue weighted by molar-refractivity contribution is 0.672. The van der Waals surface area contributed by atoms with E-state index >= 15 is 0 Å². The van der Waals surface area contributed by atoms with E-state index in [-0.39, 0.29) is 11.2 Å². The van der Waals surface area contributed by atoms with Gasteiger partial charge in [-0.3, -0.25) is 4.21 Å². The van der Waals surface area contributed by atoms with Gasteiger partial charge in [-0.05, 0) is 22.4 Å². The van der Waals surface area contributed by atoms with E-state index in [0.717, 1.165) is 10.9 Å². The second-order valence-corrected chi connectivity index (χ2v) is 6.11. The van der Waals surface area contributed by atoms with E-state index < -0.39 is 10.8 Å². The summed E-state index contributed by atoms with van der Waals surface area (Å²) in [5.74, 6) is 0.902. The van der Waals surface area contributed by atoms with Gasteiger partial charge in [-0.25, -0.2) is 4.98 Å². The zero-order chi connectivity index (χ0) is 12.1. The Balaban J connectivity index is 2.48. The summed E-state index contributed by atoms with van der Waals surface area (Å²) in [6.45, 7) is 2.66. The number of nitrogens with zero attached hydrogens (tertiary/aromatic N) is 2. The summed E-state index contributed by atoms with van der Waals surface area (Å²) in [5, 5.41) is 3.30. The maximum absolute atomic E-state index is 11.1. The third-order valence-corrected chi connectivity index (χ3v) is 4.12. The predicted octanol–water partition coefficient (Wildman–Crippen LogP) is 1.39. The zero-order valence-corrected chi connectivity index (χ0v) is 11.6. The molecular weight excluding hydrogens is 292 g/mol. The van der Waals surface area contributed by atoms with Crippen molar-refractivity contribution in [1.82, 2.24) is 9.97 Å². The summed E-state index contributed by atoms with van der Waals surface area (Å²) in [5.41, 5.74) is 5.48. The van der Waals surface area contributed by atoms with Crippen molar-refractivity contribution in [3.63, 3.8) is 0 Å². The monoisotopic (exact) mass is 306 g/mol. The number of hydrogen-bond acceptors (Lipinski definition) is 5. The van der Waals surface area contributed by atoms with E-state index in [2.05, 4.69) is 31.2 Å². The minimum Gasteiger partial charge on any atom is -0.369 e. The summed E-state index contributed by atoms with van der Waals surface area (Å²) < 4.78 is 11.9. The highest BCUT2D eigenvalue weighted by Gasteiger charge is 2.07. The lowest BCUT2D eigenvalue weighted by Crippen LogP contribution is -2.15. The molecule has 0 aliphatic carbocycles. The van der Waals surface area contributed by atoms with Gasteiger partial charge < -0.3 is 11.1 Å². The summed E-state index contributed by atoms with van der Waals surface area (Å²) in [6, 6.07) is 0. The van der Waals surface area contributed by atoms with Crippen LogP contribution in [-0.2, 0) is 10.8 Å². The van der Waals surface area contributed by atoms with E-state index in [9.17, 15) is 4.21 Å². The second-order valence-electron chi connectivity index (χ2n) is 3.45. The molecule has 16 heavy (non-hydrogen) atoms. The molecule has 0 bridgehead atoms. The van der Waals surface area contributed by atoms with Crippen LogP contribution in [0, 0.1) is 0 Å². The summed E-state index contributed by atoms with van der Waals surface area (Å²) >= 11 is 3.32. The van der Waals surface area contributed by atoms with E-state index in [1.54, 1.807) is 12.5 Å². The van der Waals surface area contributed by atoms with Crippen molar-refractivity contribution in [2.45, 2.75) is 18.6 Å². The van der Waals surface area contributed by atoms with Crippen LogP contribution >= 0.6 is 15.9 Å². The van der Waals surface area contributed by atoms with Gasteiger partial charge >= 0.3 is 0 Å². The number of hydrogen-bond donors (Lipinski definition) is 2. The number of rotatable bonds is 5. The standard InChI is InChI=1S/C9H15BrN4OS/c1-6(16(2)15)3-4-12-8-7(10)5-13-9(11)14-8/h5-6H,3-4H2,1-2H3,(H3,11,12,13,14). The molecule has 0 saturated carbocycles. The van der Waals surface area contributed by atoms with Crippen molar-refractivity contribution in [1.29, 1.82) is 0 Å². The Morgan fingerprint density at radius 2 is 2.38 bits per heavy atom. The largest absolute Gasteiger partial charge is 0.369 e. The summed E-state index contributed by atoms with van der Waals surface area (Å²) in [6.07, 6.45) is 4.13. The number of aromatic nitrogens is 2. The summed E-state index contributed by atoms with van der Waals surface area (Å²) in [7, 11) is -0.787. The fourth-order valence-electron chi connectivity index (χ4n) is 1.06. The van der Waals surface area contributed by atoms with Crippen molar-refractivity contribution in [2.75, 3.05) is 23.9 Å². The van der Waals surface area contributed by atoms with Gasteiger partial charge in [0.15, 0.2) is 0 Å². The molecule has 0 aromatic carbocycles. The molecule has 0 fully saturated rings. The summed E-state index contributed by atoms with van der Waals surface area (Å²) in [4.78, 5) is 7.89. The van der Waals surface area contributed by atoms with Crippen LogP contribution in [0.3, 0.4) is 0 Å². The maximum Gasteiger partial charge on any atom is 0.221 e. The minimum absolute atomic E-state index is 0.172. The average Bonchev–Trinajstić information content (AvgIpc) is 2.22. The van der Waals surface area contributed by atoms with E-state index in [0.29, 0.717) is 12.4 Å². The lowest BCUT2D eigenvalue weighted by Gasteiger charge is -2.10. The molecular formula is C9H15BrN4OS. The van der Waals surface area contributed by atoms with Gasteiger partial charge in [0.05, 0.1) is 4.47 Å². The van der Waals surface area contributed by atoms with Crippen LogP contribution in [0.15, 0.2) is 10.7 Å². The molecule has 0 spiro atoms. The van der Waals surface area contributed by atoms with Gasteiger partial charge in [0, 0.05) is 35.0 Å². The number of halogens is 1. The van der Waals surface area contributed by atoms with Gasteiger partial charge in [-0.2, -0.15) is 4.98 Å². The highest BCUT2D eigenvalue weighted by Crippen LogP contribution is 2.19. The SMILES string of the molecule is CC(CCNc1nc(N)ncc1Br)S(C)=O. The number of nitrogen functional groups attached to an aromatic ring is 1. The van der Waals surface area contributed by atoms with Crippen LogP contribution in [-0.4, -0.2) is 32.2 Å². The van der Waals surface area contributed by atoms with E-state index in [1.165, 1.54) is 0 Å². The Morgan fingerprint density at radius 1 is 1.69 bits per heavy atom. The third-order valence-electron chi connectivity index (χ3n) is 2.17. The van der Waals surface area contributed by atoms with Gasteiger partial charge in [0.25, 0.3) is 0 Å². The first-order chi connectivity index (χ1) is 7.50. The van der Waals surface area contributed by atoms with Gasteiger partial charge in [0.1, 0.15) is 5.82 Å². The Morgan fingerprint density at radius 3 is 3.00 bits per heavy atom. The quantitative estimate of drug-likeness (QED) is 0.859. The molecule has 1 rings (SSSR count). The molecule has 0 radical (unpaired) electrons. The van der Waals surface area contributed by atoms with Crippen LogP contribution < -0.4 is 11.1 Å². The fraction of sp³-hybridized carbons (Fsp3) is 0.556. The topological polar surface area (TPSA) is 80.9 Å². The molecule has 0 aliphatic rings. The number of nitrogens with two attached hydrogens (primary N) is 1. The number of nitrogens with one attached hydrogen (secondary N) is 1. The van der Waals surface area contributed by atoms with E-state index in [4.69, 9.17) is 5.73 Å². The molecule has 90 valence electrons. The van der Waals surface area contributed by atoms with Crippen molar-refractivity contribution < 1.29 is 4.21 Å². The van der Waals surface area contributed by atoms with E-state index in [1.807, 2.05) is 6.92 Å². The first kappa shape index (κ1) is 13.4. The molecule has 5 nitrogen and oxygen atoms in total. The van der Waals surface area contributed by atoms with Crippen LogP contribution in [0.1, 0.15) is 13.3 Å². The minimum atomic E-state index is -0.787. The van der Waals surface area contributed by atoms with Crippen molar-refractivity contribution in [2.24, 2.45) is 0 Å². The van der Waals surface area contributed by atoms with Gasteiger partial charge in [-0.15, -0.1) is 0 Å². The smallest absolute Gasteiger partial charge is 0.221 e. The molecule has 7 heteroatoms. The number of anilines is 2. The second kappa shape index (κ2) is 6.15. The fourth-order valence-corrected chi connectivity index (χ4v) is 1.85. The normalized spacial score (nSPS) is 14.4. The Labute approximate surface area is 106 Å². The molecule has 2 atom stereocenters. The highest BCUT2D eigenvalue weighted by molar-refractivity contribution is 9.10. The third kappa shape index (κ3) is 4.05. The van der Waals surface area contributed by atoms with Crippen molar-refractivity contribution in [3.05, 3.63) is 10.7 Å². The Bertz CT molecular complexity index is 388. The maximum atomic E-state index is 11.1. The van der Waals surface area contributed by atoms with Crippen LogP contribution in [0.25, 0.3) is 0 Å². The molecule has 0 saturated heterocycles. The first-order valence-corrected chi connectivity index (χ1v) is 7.26. The molecule has 2 unspecified atom stereocenters. The van der Waals surface area contributed by atoms with Crippen molar-refractivity contribution >= 4 is 38.5 Å². The lowest BCUT2D eigenvalue weighted by atomic mass is 10.3. The first-order valence-electron chi connectivity index (χ1n) is 4.85. The molecule has 0 amide bonds. The average molecular weight is 307 g/mol. The van der Waals surface area contributed by atoms with Gasteiger partial charge in [0.2, 0.25) is 5.95 Å². The van der Waals surface area contributed by atoms with Crippen LogP contribution in [0.2, 0.25) is 0 Å². The molecule has 1 aromatic heterocycles. The van der Waals surface area contributed by atoms with Gasteiger partial charge in [-0.1, -0.05) is 6.92 Å². The Hall–Kier alpha value is -0.690. The zero-order valence-electron chi connectivity index (χ0n) is 9.24. The van der Waals surface area contributed by atoms with Crippen molar-refractivity contribution in [3.8, 4) is 0 Å². The van der Waals surface area contributed by atoms with Crippen LogP contribution in [0.5, 0.6) is 0 Å². The van der Waals surface area contributed by atoms with Crippen LogP contribution in [0.4, 0.5) is 11.8 Å². The molecule has 3 N–H and O–H groups in total. The highest BCUT2D eigenvalue weighted by atomic mass is 79.9. The molecule has 1 aromatic rings. The Kier molecular flexibility index (Phi) is 5.14. The molecule has 0 aliphatic heterocycles. The molecule has 1 heterocycles.